The Labute approximate surface area is 185 Å². The minimum absolute atomic E-state index is 0.188. The van der Waals surface area contributed by atoms with Gasteiger partial charge >= 0.3 is 6.03 Å². The van der Waals surface area contributed by atoms with Crippen LogP contribution in [-0.2, 0) is 0 Å². The van der Waals surface area contributed by atoms with E-state index in [9.17, 15) is 4.79 Å². The van der Waals surface area contributed by atoms with E-state index in [2.05, 4.69) is 47.7 Å². The number of amides is 2. The van der Waals surface area contributed by atoms with E-state index in [4.69, 9.17) is 13.9 Å². The summed E-state index contributed by atoms with van der Waals surface area (Å²) >= 11 is 0. The number of nitrogens with zero attached hydrogens (tertiary/aromatic N) is 1. The van der Waals surface area contributed by atoms with E-state index < -0.39 is 0 Å². The molecule has 2 amide bonds. The van der Waals surface area contributed by atoms with Gasteiger partial charge in [0.2, 0.25) is 12.7 Å². The summed E-state index contributed by atoms with van der Waals surface area (Å²) in [6.45, 7) is 4.32. The summed E-state index contributed by atoms with van der Waals surface area (Å²) in [4.78, 5) is 17.0. The molecule has 7 nitrogen and oxygen atoms in total. The number of urea groups is 1. The quantitative estimate of drug-likeness (QED) is 0.417. The minimum atomic E-state index is -0.357. The Morgan fingerprint density at radius 3 is 2.44 bits per heavy atom. The lowest BCUT2D eigenvalue weighted by molar-refractivity contribution is 0.174. The molecule has 1 aromatic heterocycles. The maximum Gasteiger partial charge on any atom is 0.323 e. The van der Waals surface area contributed by atoms with Crippen molar-refractivity contribution in [3.63, 3.8) is 0 Å². The van der Waals surface area contributed by atoms with Gasteiger partial charge in [0, 0.05) is 28.6 Å². The first-order chi connectivity index (χ1) is 15.5. The Bertz CT molecular complexity index is 1300. The lowest BCUT2D eigenvalue weighted by atomic mass is 10.0. The minimum Gasteiger partial charge on any atom is -0.454 e. The Kier molecular flexibility index (Phi) is 4.99. The Balaban J connectivity index is 1.25. The summed E-state index contributed by atoms with van der Waals surface area (Å²) in [5.74, 6) is 1.80. The molecule has 0 saturated heterocycles. The van der Waals surface area contributed by atoms with Crippen LogP contribution in [0, 0.1) is 13.8 Å². The molecule has 0 saturated carbocycles. The fraction of sp³-hybridized carbons (Fsp3) is 0.120. The van der Waals surface area contributed by atoms with Crippen LogP contribution in [0.3, 0.4) is 0 Å². The molecule has 2 heterocycles. The third-order valence-electron chi connectivity index (χ3n) is 5.18. The van der Waals surface area contributed by atoms with E-state index >= 15 is 0 Å². The molecular weight excluding hydrogens is 406 g/mol. The predicted octanol–water partition coefficient (Wildman–Crippen LogP) is 6.00. The van der Waals surface area contributed by atoms with Crippen molar-refractivity contribution in [3.05, 3.63) is 78.1 Å². The molecule has 0 aliphatic carbocycles. The Hall–Kier alpha value is -4.26. The third kappa shape index (κ3) is 4.00. The monoisotopic (exact) mass is 427 g/mol. The second-order valence-electron chi connectivity index (χ2n) is 7.58. The topological polar surface area (TPSA) is 85.6 Å². The van der Waals surface area contributed by atoms with Crippen LogP contribution in [0.4, 0.5) is 16.2 Å². The summed E-state index contributed by atoms with van der Waals surface area (Å²) in [6.07, 6.45) is 1.66. The van der Waals surface area contributed by atoms with Gasteiger partial charge in [0.15, 0.2) is 11.5 Å². The number of hydrogen-bond donors (Lipinski definition) is 2. The zero-order valence-electron chi connectivity index (χ0n) is 17.6. The molecule has 1 aliphatic rings. The summed E-state index contributed by atoms with van der Waals surface area (Å²) in [7, 11) is 0. The molecule has 32 heavy (non-hydrogen) atoms. The van der Waals surface area contributed by atoms with E-state index in [1.165, 1.54) is 5.56 Å². The van der Waals surface area contributed by atoms with Crippen molar-refractivity contribution in [3.8, 4) is 34.2 Å². The highest BCUT2D eigenvalue weighted by Crippen LogP contribution is 2.34. The number of oxazole rings is 1. The lowest BCUT2D eigenvalue weighted by Crippen LogP contribution is -2.19. The average Bonchev–Trinajstić information content (AvgIpc) is 3.44. The van der Waals surface area contributed by atoms with Gasteiger partial charge in [0.05, 0.1) is 0 Å². The number of aryl methyl sites for hydroxylation is 2. The standard InChI is InChI=1S/C25H21N3O4/c1-15-3-9-20(16(2)11-15)21-13-30-24(28-21)17-4-6-18(7-5-17)26-25(29)27-19-8-10-22-23(12-19)32-14-31-22/h3-13H,14H2,1-2H3,(H2,26,27,29). The van der Waals surface area contributed by atoms with Crippen LogP contribution in [0.5, 0.6) is 11.5 Å². The first-order valence-electron chi connectivity index (χ1n) is 10.2. The predicted molar refractivity (Wildman–Crippen MR) is 122 cm³/mol. The van der Waals surface area contributed by atoms with Crippen molar-refractivity contribution >= 4 is 17.4 Å². The smallest absolute Gasteiger partial charge is 0.323 e. The second-order valence-corrected chi connectivity index (χ2v) is 7.58. The molecule has 0 atom stereocenters. The Morgan fingerprint density at radius 2 is 1.62 bits per heavy atom. The van der Waals surface area contributed by atoms with Crippen LogP contribution in [0.2, 0.25) is 0 Å². The molecule has 0 radical (unpaired) electrons. The zero-order valence-corrected chi connectivity index (χ0v) is 17.6. The van der Waals surface area contributed by atoms with Crippen molar-refractivity contribution in [2.75, 3.05) is 17.4 Å². The number of benzene rings is 3. The van der Waals surface area contributed by atoms with Gasteiger partial charge < -0.3 is 24.5 Å². The van der Waals surface area contributed by atoms with Crippen LogP contribution in [0.25, 0.3) is 22.7 Å². The number of fused-ring (bicyclic) bond motifs is 1. The van der Waals surface area contributed by atoms with Gasteiger partial charge in [-0.1, -0.05) is 23.8 Å². The molecule has 3 aromatic carbocycles. The number of ether oxygens (including phenoxy) is 2. The van der Waals surface area contributed by atoms with Crippen LogP contribution < -0.4 is 20.1 Å². The summed E-state index contributed by atoms with van der Waals surface area (Å²) < 4.78 is 16.3. The number of rotatable bonds is 4. The maximum absolute atomic E-state index is 12.3. The molecule has 5 rings (SSSR count). The van der Waals surface area contributed by atoms with E-state index in [0.717, 1.165) is 22.4 Å². The van der Waals surface area contributed by atoms with Gasteiger partial charge in [-0.25, -0.2) is 9.78 Å². The molecule has 2 N–H and O–H groups in total. The summed E-state index contributed by atoms with van der Waals surface area (Å²) in [6, 6.07) is 18.4. The molecule has 160 valence electrons. The highest BCUT2D eigenvalue weighted by molar-refractivity contribution is 6.00. The van der Waals surface area contributed by atoms with Crippen molar-refractivity contribution in [2.45, 2.75) is 13.8 Å². The van der Waals surface area contributed by atoms with Crippen LogP contribution >= 0.6 is 0 Å². The highest BCUT2D eigenvalue weighted by Gasteiger charge is 2.14. The SMILES string of the molecule is Cc1ccc(-c2coc(-c3ccc(NC(=O)Nc4ccc5c(c4)OCO5)cc3)n2)c(C)c1. The molecule has 7 heteroatoms. The van der Waals surface area contributed by atoms with E-state index in [1.807, 2.05) is 12.1 Å². The van der Waals surface area contributed by atoms with Crippen LogP contribution in [-0.4, -0.2) is 17.8 Å². The van der Waals surface area contributed by atoms with Gasteiger partial charge in [-0.15, -0.1) is 0 Å². The van der Waals surface area contributed by atoms with Gasteiger partial charge in [-0.3, -0.25) is 0 Å². The fourth-order valence-corrected chi connectivity index (χ4v) is 3.59. The number of carbonyl (C=O) groups is 1. The van der Waals surface area contributed by atoms with Gasteiger partial charge in [-0.05, 0) is 55.8 Å². The first-order valence-corrected chi connectivity index (χ1v) is 10.2. The maximum atomic E-state index is 12.3. The largest absolute Gasteiger partial charge is 0.454 e. The normalized spacial score (nSPS) is 11.9. The van der Waals surface area contributed by atoms with Crippen molar-refractivity contribution in [1.82, 2.24) is 4.98 Å². The van der Waals surface area contributed by atoms with Gasteiger partial charge in [-0.2, -0.15) is 0 Å². The molecule has 1 aliphatic heterocycles. The summed E-state index contributed by atoms with van der Waals surface area (Å²) in [5, 5.41) is 5.59. The van der Waals surface area contributed by atoms with Gasteiger partial charge in [0.25, 0.3) is 0 Å². The van der Waals surface area contributed by atoms with Crippen LogP contribution in [0.15, 0.2) is 71.3 Å². The molecule has 0 spiro atoms. The first kappa shape index (κ1) is 19.7. The molecule has 0 bridgehead atoms. The molecule has 0 fully saturated rings. The van der Waals surface area contributed by atoms with E-state index in [0.29, 0.717) is 28.8 Å². The van der Waals surface area contributed by atoms with Crippen molar-refractivity contribution in [2.24, 2.45) is 0 Å². The molecule has 4 aromatic rings. The third-order valence-corrected chi connectivity index (χ3v) is 5.18. The number of anilines is 2. The number of hydrogen-bond acceptors (Lipinski definition) is 5. The second kappa shape index (κ2) is 8.11. The highest BCUT2D eigenvalue weighted by atomic mass is 16.7. The lowest BCUT2D eigenvalue weighted by Gasteiger charge is -2.08. The van der Waals surface area contributed by atoms with Crippen molar-refractivity contribution < 1.29 is 18.7 Å². The average molecular weight is 427 g/mol. The fourth-order valence-electron chi connectivity index (χ4n) is 3.59. The number of nitrogens with one attached hydrogen (secondary N) is 2. The zero-order chi connectivity index (χ0) is 22.1. The number of carbonyl (C=O) groups excluding carboxylic acids is 1. The number of aromatic nitrogens is 1. The van der Waals surface area contributed by atoms with Crippen LogP contribution in [0.1, 0.15) is 11.1 Å². The molecule has 0 unspecified atom stereocenters. The van der Waals surface area contributed by atoms with Crippen molar-refractivity contribution in [1.29, 1.82) is 0 Å². The van der Waals surface area contributed by atoms with E-state index in [-0.39, 0.29) is 12.8 Å². The Morgan fingerprint density at radius 1 is 0.875 bits per heavy atom. The summed E-state index contributed by atoms with van der Waals surface area (Å²) in [5.41, 5.74) is 6.28. The van der Waals surface area contributed by atoms with E-state index in [1.54, 1.807) is 36.6 Å². The van der Waals surface area contributed by atoms with Gasteiger partial charge in [0.1, 0.15) is 12.0 Å². The molecular formula is C25H21N3O4.